The predicted molar refractivity (Wildman–Crippen MR) is 107 cm³/mol. The van der Waals surface area contributed by atoms with E-state index in [1.807, 2.05) is 38.1 Å². The third-order valence-corrected chi connectivity index (χ3v) is 4.55. The highest BCUT2D eigenvalue weighted by atomic mass is 35.5. The minimum atomic E-state index is -0.329. The Morgan fingerprint density at radius 3 is 2.33 bits per heavy atom. The molecule has 0 spiro atoms. The molecule has 0 radical (unpaired) electrons. The van der Waals surface area contributed by atoms with Crippen LogP contribution in [0.25, 0.3) is 11.8 Å². The second-order valence-electron chi connectivity index (χ2n) is 6.32. The molecule has 3 rings (SSSR count). The van der Waals surface area contributed by atoms with Crippen LogP contribution in [0.1, 0.15) is 21.6 Å². The summed E-state index contributed by atoms with van der Waals surface area (Å²) >= 11 is 6.43. The Balaban J connectivity index is 1.84. The summed E-state index contributed by atoms with van der Waals surface area (Å²) in [4.78, 5) is 14.4. The number of hydrogen-bond donors (Lipinski definition) is 0. The van der Waals surface area contributed by atoms with Gasteiger partial charge in [-0.05, 0) is 67.6 Å². The lowest BCUT2D eigenvalue weighted by molar-refractivity contribution is 0.104. The van der Waals surface area contributed by atoms with Crippen molar-refractivity contribution in [3.63, 3.8) is 0 Å². The van der Waals surface area contributed by atoms with Gasteiger partial charge in [-0.25, -0.2) is 9.07 Å². The summed E-state index contributed by atoms with van der Waals surface area (Å²) in [5.41, 5.74) is 3.59. The van der Waals surface area contributed by atoms with Crippen LogP contribution in [0.3, 0.4) is 0 Å². The van der Waals surface area contributed by atoms with Crippen molar-refractivity contribution in [2.75, 3.05) is 19.0 Å². The maximum Gasteiger partial charge on any atom is 0.185 e. The van der Waals surface area contributed by atoms with Crippen LogP contribution in [0.15, 0.2) is 54.6 Å². The van der Waals surface area contributed by atoms with Gasteiger partial charge in [-0.15, -0.1) is 0 Å². The Bertz CT molecular complexity index is 990. The van der Waals surface area contributed by atoms with E-state index in [2.05, 4.69) is 5.10 Å². The fourth-order valence-corrected chi connectivity index (χ4v) is 2.97. The molecule has 27 heavy (non-hydrogen) atoms. The molecule has 0 aliphatic carbocycles. The quantitative estimate of drug-likeness (QED) is 0.463. The van der Waals surface area contributed by atoms with Gasteiger partial charge in [-0.1, -0.05) is 11.6 Å². The van der Waals surface area contributed by atoms with E-state index < -0.39 is 0 Å². The van der Waals surface area contributed by atoms with Crippen LogP contribution < -0.4 is 4.90 Å². The smallest absolute Gasteiger partial charge is 0.185 e. The Kier molecular flexibility index (Phi) is 5.42. The third kappa shape index (κ3) is 4.09. The number of aromatic nitrogens is 2. The lowest BCUT2D eigenvalue weighted by atomic mass is 10.1. The molecular formula is C21H19ClFN3O. The number of carbonyl (C=O) groups is 1. The molecule has 6 heteroatoms. The van der Waals surface area contributed by atoms with E-state index in [1.54, 1.807) is 30.3 Å². The summed E-state index contributed by atoms with van der Waals surface area (Å²) in [6, 6.07) is 13.3. The van der Waals surface area contributed by atoms with E-state index in [0.29, 0.717) is 27.7 Å². The number of aryl methyl sites for hydroxylation is 1. The molecule has 0 N–H and O–H groups in total. The molecule has 3 aromatic rings. The van der Waals surface area contributed by atoms with Crippen LogP contribution in [0, 0.1) is 12.7 Å². The summed E-state index contributed by atoms with van der Waals surface area (Å²) < 4.78 is 14.6. The molecule has 0 atom stereocenters. The van der Waals surface area contributed by atoms with E-state index in [9.17, 15) is 9.18 Å². The van der Waals surface area contributed by atoms with Crippen LogP contribution in [-0.2, 0) is 0 Å². The van der Waals surface area contributed by atoms with Crippen LogP contribution in [0.4, 0.5) is 10.1 Å². The Morgan fingerprint density at radius 2 is 1.74 bits per heavy atom. The number of allylic oxidation sites excluding steroid dienone is 1. The number of hydrogen-bond acceptors (Lipinski definition) is 3. The summed E-state index contributed by atoms with van der Waals surface area (Å²) in [6.45, 7) is 1.81. The van der Waals surface area contributed by atoms with Crippen molar-refractivity contribution >= 4 is 29.1 Å². The second kappa shape index (κ2) is 7.76. The molecular weight excluding hydrogens is 365 g/mol. The fraction of sp³-hybridized carbons (Fsp3) is 0.143. The second-order valence-corrected chi connectivity index (χ2v) is 6.68. The molecule has 1 heterocycles. The summed E-state index contributed by atoms with van der Waals surface area (Å²) in [7, 11) is 3.89. The summed E-state index contributed by atoms with van der Waals surface area (Å²) in [5, 5.41) is 4.75. The first-order chi connectivity index (χ1) is 12.9. The molecule has 0 unspecified atom stereocenters. The average molecular weight is 384 g/mol. The molecule has 0 saturated heterocycles. The van der Waals surface area contributed by atoms with E-state index in [4.69, 9.17) is 11.6 Å². The minimum absolute atomic E-state index is 0.120. The van der Waals surface area contributed by atoms with Gasteiger partial charge in [0.2, 0.25) is 0 Å². The van der Waals surface area contributed by atoms with Gasteiger partial charge in [0.15, 0.2) is 5.78 Å². The Hall–Kier alpha value is -2.92. The number of carbonyl (C=O) groups excluding carboxylic acids is 1. The molecule has 2 aromatic carbocycles. The zero-order chi connectivity index (χ0) is 19.6. The number of halogens is 2. The molecule has 138 valence electrons. The van der Waals surface area contributed by atoms with Gasteiger partial charge in [0.1, 0.15) is 11.0 Å². The van der Waals surface area contributed by atoms with E-state index in [1.165, 1.54) is 22.9 Å². The maximum atomic E-state index is 13.1. The van der Waals surface area contributed by atoms with E-state index in [0.717, 1.165) is 5.69 Å². The molecule has 0 aliphatic rings. The van der Waals surface area contributed by atoms with Gasteiger partial charge >= 0.3 is 0 Å². The lowest BCUT2D eigenvalue weighted by Crippen LogP contribution is -2.08. The highest BCUT2D eigenvalue weighted by Crippen LogP contribution is 2.25. The van der Waals surface area contributed by atoms with Crippen molar-refractivity contribution in [2.24, 2.45) is 0 Å². The lowest BCUT2D eigenvalue weighted by Gasteiger charge is -2.11. The van der Waals surface area contributed by atoms with Crippen LogP contribution in [0.5, 0.6) is 0 Å². The van der Waals surface area contributed by atoms with Crippen LogP contribution in [-0.4, -0.2) is 29.7 Å². The van der Waals surface area contributed by atoms with Gasteiger partial charge in [-0.3, -0.25) is 4.79 Å². The first-order valence-corrected chi connectivity index (χ1v) is 8.75. The normalized spacial score (nSPS) is 11.1. The minimum Gasteiger partial charge on any atom is -0.378 e. The van der Waals surface area contributed by atoms with Gasteiger partial charge in [-0.2, -0.15) is 5.10 Å². The number of rotatable bonds is 5. The number of ketones is 1. The standard InChI is InChI=1S/C21H19ClFN3O/c1-14-19(21(22)26(24-14)18-10-6-16(23)7-11-18)12-13-20(27)15-4-8-17(9-5-15)25(2)3/h4-13H,1-3H3/b13-12+. The third-order valence-electron chi connectivity index (χ3n) is 4.19. The maximum absolute atomic E-state index is 13.1. The van der Waals surface area contributed by atoms with Crippen molar-refractivity contribution in [1.82, 2.24) is 9.78 Å². The zero-order valence-electron chi connectivity index (χ0n) is 15.3. The molecule has 0 saturated carbocycles. The first-order valence-electron chi connectivity index (χ1n) is 8.37. The SMILES string of the molecule is Cc1nn(-c2ccc(F)cc2)c(Cl)c1/C=C/C(=O)c1ccc(N(C)C)cc1. The number of anilines is 1. The van der Waals surface area contributed by atoms with Crippen molar-refractivity contribution in [3.05, 3.63) is 82.4 Å². The van der Waals surface area contributed by atoms with Gasteiger partial charge in [0.05, 0.1) is 11.4 Å². The van der Waals surface area contributed by atoms with Crippen molar-refractivity contribution in [3.8, 4) is 5.69 Å². The Morgan fingerprint density at radius 1 is 1.11 bits per heavy atom. The molecule has 1 aromatic heterocycles. The summed E-state index contributed by atoms with van der Waals surface area (Å²) in [6.07, 6.45) is 3.14. The van der Waals surface area contributed by atoms with Crippen molar-refractivity contribution < 1.29 is 9.18 Å². The monoisotopic (exact) mass is 383 g/mol. The number of benzene rings is 2. The van der Waals surface area contributed by atoms with Gasteiger partial charge < -0.3 is 4.90 Å². The van der Waals surface area contributed by atoms with Crippen LogP contribution >= 0.6 is 11.6 Å². The van der Waals surface area contributed by atoms with Crippen LogP contribution in [0.2, 0.25) is 5.15 Å². The fourth-order valence-electron chi connectivity index (χ4n) is 2.63. The molecule has 0 bridgehead atoms. The molecule has 0 fully saturated rings. The summed E-state index contributed by atoms with van der Waals surface area (Å²) in [5.74, 6) is -0.449. The predicted octanol–water partition coefficient (Wildman–Crippen LogP) is 4.94. The largest absolute Gasteiger partial charge is 0.378 e. The topological polar surface area (TPSA) is 38.1 Å². The van der Waals surface area contributed by atoms with Crippen molar-refractivity contribution in [2.45, 2.75) is 6.92 Å². The number of nitrogens with zero attached hydrogens (tertiary/aromatic N) is 3. The Labute approximate surface area is 162 Å². The van der Waals surface area contributed by atoms with E-state index in [-0.39, 0.29) is 11.6 Å². The first kappa shape index (κ1) is 18.9. The van der Waals surface area contributed by atoms with E-state index >= 15 is 0 Å². The highest BCUT2D eigenvalue weighted by Gasteiger charge is 2.13. The zero-order valence-corrected chi connectivity index (χ0v) is 16.0. The van der Waals surface area contributed by atoms with Gasteiger partial charge in [0, 0.05) is 30.9 Å². The highest BCUT2D eigenvalue weighted by molar-refractivity contribution is 6.31. The molecule has 4 nitrogen and oxygen atoms in total. The van der Waals surface area contributed by atoms with Crippen molar-refractivity contribution in [1.29, 1.82) is 0 Å². The van der Waals surface area contributed by atoms with Gasteiger partial charge in [0.25, 0.3) is 0 Å². The average Bonchev–Trinajstić information content (AvgIpc) is 2.94. The molecule has 0 aliphatic heterocycles. The molecule has 0 amide bonds.